The fraction of sp³-hybridized carbons (Fsp3) is 0.294. The summed E-state index contributed by atoms with van der Waals surface area (Å²) in [5.74, 6) is 2.18. The lowest BCUT2D eigenvalue weighted by Crippen LogP contribution is -2.19. The number of hydrogen-bond donors (Lipinski definition) is 1. The summed E-state index contributed by atoms with van der Waals surface area (Å²) >= 11 is 6.17. The largest absolute Gasteiger partial charge is 0.496 e. The van der Waals surface area contributed by atoms with Gasteiger partial charge in [-0.1, -0.05) is 36.7 Å². The van der Waals surface area contributed by atoms with Gasteiger partial charge in [0.2, 0.25) is 0 Å². The summed E-state index contributed by atoms with van der Waals surface area (Å²) in [6, 6.07) is 13.3. The van der Waals surface area contributed by atoms with E-state index in [9.17, 15) is 0 Å². The highest BCUT2D eigenvalue weighted by atomic mass is 35.5. The Kier molecular flexibility index (Phi) is 5.48. The van der Waals surface area contributed by atoms with Crippen molar-refractivity contribution in [1.82, 2.24) is 5.32 Å². The molecule has 112 valence electrons. The molecule has 0 bridgehead atoms. The van der Waals surface area contributed by atoms with Gasteiger partial charge in [-0.15, -0.1) is 0 Å². The second-order valence-corrected chi connectivity index (χ2v) is 5.09. The van der Waals surface area contributed by atoms with Gasteiger partial charge in [0, 0.05) is 6.04 Å². The van der Waals surface area contributed by atoms with Crippen molar-refractivity contribution in [2.24, 2.45) is 0 Å². The number of halogens is 1. The molecule has 2 aromatic carbocycles. The van der Waals surface area contributed by atoms with Crippen LogP contribution in [0.1, 0.15) is 25.5 Å². The molecule has 1 unspecified atom stereocenters. The molecule has 2 aromatic rings. The highest BCUT2D eigenvalue weighted by Crippen LogP contribution is 2.38. The number of benzene rings is 2. The summed E-state index contributed by atoms with van der Waals surface area (Å²) in [6.07, 6.45) is 0. The molecule has 0 heterocycles. The van der Waals surface area contributed by atoms with Crippen molar-refractivity contribution >= 4 is 11.6 Å². The Hall–Kier alpha value is -1.71. The first-order valence-electron chi connectivity index (χ1n) is 7.00. The predicted octanol–water partition coefficient (Wildman–Crippen LogP) is 4.81. The van der Waals surface area contributed by atoms with Crippen molar-refractivity contribution in [3.8, 4) is 17.2 Å². The molecule has 4 heteroatoms. The second-order valence-electron chi connectivity index (χ2n) is 4.68. The molecule has 1 N–H and O–H groups in total. The van der Waals surface area contributed by atoms with Crippen LogP contribution < -0.4 is 14.8 Å². The average molecular weight is 306 g/mol. The Morgan fingerprint density at radius 3 is 2.38 bits per heavy atom. The van der Waals surface area contributed by atoms with Crippen LogP contribution in [-0.4, -0.2) is 13.7 Å². The normalized spacial score (nSPS) is 12.0. The first-order valence-corrected chi connectivity index (χ1v) is 7.37. The predicted molar refractivity (Wildman–Crippen MR) is 86.6 cm³/mol. The SMILES string of the molecule is CCNC(C)c1c(OC)cccc1Oc1ccccc1Cl. The summed E-state index contributed by atoms with van der Waals surface area (Å²) in [5.41, 5.74) is 0.988. The van der Waals surface area contributed by atoms with Crippen LogP contribution in [0, 0.1) is 0 Å². The molecule has 0 aliphatic carbocycles. The van der Waals surface area contributed by atoms with E-state index in [-0.39, 0.29) is 6.04 Å². The molecule has 0 fully saturated rings. The van der Waals surface area contributed by atoms with Gasteiger partial charge in [0.15, 0.2) is 0 Å². The highest BCUT2D eigenvalue weighted by molar-refractivity contribution is 6.32. The molecular weight excluding hydrogens is 286 g/mol. The standard InChI is InChI=1S/C17H20ClNO2/c1-4-19-12(2)17-15(20-3)10-7-11-16(17)21-14-9-6-5-8-13(14)18/h5-12,19H,4H2,1-3H3. The van der Waals surface area contributed by atoms with Crippen LogP contribution in [0.2, 0.25) is 5.02 Å². The van der Waals surface area contributed by atoms with Crippen molar-refractivity contribution in [3.05, 3.63) is 53.1 Å². The van der Waals surface area contributed by atoms with E-state index >= 15 is 0 Å². The van der Waals surface area contributed by atoms with Gasteiger partial charge in [-0.25, -0.2) is 0 Å². The number of nitrogens with one attached hydrogen (secondary N) is 1. The van der Waals surface area contributed by atoms with Crippen LogP contribution in [0.25, 0.3) is 0 Å². The molecule has 0 spiro atoms. The third-order valence-corrected chi connectivity index (χ3v) is 3.56. The molecule has 0 radical (unpaired) electrons. The summed E-state index contributed by atoms with van der Waals surface area (Å²) < 4.78 is 11.5. The summed E-state index contributed by atoms with van der Waals surface area (Å²) in [4.78, 5) is 0. The molecular formula is C17H20ClNO2. The fourth-order valence-electron chi connectivity index (χ4n) is 2.27. The molecule has 1 atom stereocenters. The maximum atomic E-state index is 6.17. The molecule has 2 rings (SSSR count). The van der Waals surface area contributed by atoms with E-state index in [4.69, 9.17) is 21.1 Å². The minimum absolute atomic E-state index is 0.114. The number of ether oxygens (including phenoxy) is 2. The first-order chi connectivity index (χ1) is 10.2. The zero-order chi connectivity index (χ0) is 15.2. The molecule has 21 heavy (non-hydrogen) atoms. The van der Waals surface area contributed by atoms with Crippen molar-refractivity contribution in [2.75, 3.05) is 13.7 Å². The zero-order valence-electron chi connectivity index (χ0n) is 12.5. The smallest absolute Gasteiger partial charge is 0.146 e. The first kappa shape index (κ1) is 15.7. The van der Waals surface area contributed by atoms with Crippen LogP contribution in [0.3, 0.4) is 0 Å². The second kappa shape index (κ2) is 7.34. The fourth-order valence-corrected chi connectivity index (χ4v) is 2.45. The van der Waals surface area contributed by atoms with Crippen LogP contribution in [0.5, 0.6) is 17.2 Å². The topological polar surface area (TPSA) is 30.5 Å². The van der Waals surface area contributed by atoms with E-state index in [2.05, 4.69) is 19.2 Å². The van der Waals surface area contributed by atoms with E-state index in [0.717, 1.165) is 23.6 Å². The monoisotopic (exact) mass is 305 g/mol. The Bertz CT molecular complexity index is 601. The lowest BCUT2D eigenvalue weighted by molar-refractivity contribution is 0.391. The minimum Gasteiger partial charge on any atom is -0.496 e. The van der Waals surface area contributed by atoms with E-state index in [0.29, 0.717) is 10.8 Å². The van der Waals surface area contributed by atoms with Gasteiger partial charge < -0.3 is 14.8 Å². The average Bonchev–Trinajstić information content (AvgIpc) is 2.49. The Balaban J connectivity index is 2.41. The van der Waals surface area contributed by atoms with Crippen molar-refractivity contribution in [1.29, 1.82) is 0 Å². The van der Waals surface area contributed by atoms with Gasteiger partial charge in [-0.3, -0.25) is 0 Å². The van der Waals surface area contributed by atoms with E-state index in [1.54, 1.807) is 7.11 Å². The Morgan fingerprint density at radius 2 is 1.71 bits per heavy atom. The van der Waals surface area contributed by atoms with Crippen molar-refractivity contribution < 1.29 is 9.47 Å². The van der Waals surface area contributed by atoms with E-state index in [1.807, 2.05) is 42.5 Å². The number of para-hydroxylation sites is 1. The van der Waals surface area contributed by atoms with Crippen LogP contribution in [0.4, 0.5) is 0 Å². The van der Waals surface area contributed by atoms with Crippen LogP contribution in [-0.2, 0) is 0 Å². The van der Waals surface area contributed by atoms with E-state index < -0.39 is 0 Å². The minimum atomic E-state index is 0.114. The van der Waals surface area contributed by atoms with Crippen LogP contribution >= 0.6 is 11.6 Å². The van der Waals surface area contributed by atoms with Crippen molar-refractivity contribution in [2.45, 2.75) is 19.9 Å². The molecule has 0 aliphatic rings. The highest BCUT2D eigenvalue weighted by Gasteiger charge is 2.17. The van der Waals surface area contributed by atoms with E-state index in [1.165, 1.54) is 0 Å². The van der Waals surface area contributed by atoms with Gasteiger partial charge in [0.25, 0.3) is 0 Å². The molecule has 3 nitrogen and oxygen atoms in total. The number of rotatable bonds is 6. The zero-order valence-corrected chi connectivity index (χ0v) is 13.3. The third-order valence-electron chi connectivity index (χ3n) is 3.25. The van der Waals surface area contributed by atoms with Crippen LogP contribution in [0.15, 0.2) is 42.5 Å². The van der Waals surface area contributed by atoms with Gasteiger partial charge >= 0.3 is 0 Å². The summed E-state index contributed by atoms with van der Waals surface area (Å²) in [6.45, 7) is 5.02. The molecule has 0 amide bonds. The van der Waals surface area contributed by atoms with Crippen molar-refractivity contribution in [3.63, 3.8) is 0 Å². The molecule has 0 aliphatic heterocycles. The Labute approximate surface area is 130 Å². The summed E-state index contributed by atoms with van der Waals surface area (Å²) in [7, 11) is 1.66. The third kappa shape index (κ3) is 3.69. The quantitative estimate of drug-likeness (QED) is 0.830. The number of hydrogen-bond acceptors (Lipinski definition) is 3. The Morgan fingerprint density at radius 1 is 1.05 bits per heavy atom. The van der Waals surface area contributed by atoms with Gasteiger partial charge in [0.05, 0.1) is 17.7 Å². The van der Waals surface area contributed by atoms with Gasteiger partial charge in [-0.05, 0) is 37.7 Å². The maximum Gasteiger partial charge on any atom is 0.146 e. The van der Waals surface area contributed by atoms with Gasteiger partial charge in [-0.2, -0.15) is 0 Å². The molecule has 0 saturated carbocycles. The summed E-state index contributed by atoms with van der Waals surface area (Å²) in [5, 5.41) is 3.97. The lowest BCUT2D eigenvalue weighted by Gasteiger charge is -2.20. The molecule has 0 aromatic heterocycles. The lowest BCUT2D eigenvalue weighted by atomic mass is 10.1. The van der Waals surface area contributed by atoms with Gasteiger partial charge in [0.1, 0.15) is 17.2 Å². The molecule has 0 saturated heterocycles. The number of methoxy groups -OCH3 is 1. The maximum absolute atomic E-state index is 6.17.